The van der Waals surface area contributed by atoms with Gasteiger partial charge in [0, 0.05) is 31.7 Å². The Balaban J connectivity index is 1.91. The van der Waals surface area contributed by atoms with Crippen LogP contribution in [-0.2, 0) is 7.05 Å². The highest BCUT2D eigenvalue weighted by atomic mass is 79.9. The third-order valence-electron chi connectivity index (χ3n) is 3.76. The molecule has 96 valence electrons. The molecule has 0 unspecified atom stereocenters. The molecule has 1 aliphatic rings. The number of pyridine rings is 1. The van der Waals surface area contributed by atoms with E-state index in [9.17, 15) is 0 Å². The Morgan fingerprint density at radius 1 is 1.33 bits per heavy atom. The zero-order valence-electron chi connectivity index (χ0n) is 10.5. The maximum Gasteiger partial charge on any atom is 0.156 e. The van der Waals surface area contributed by atoms with E-state index >= 15 is 0 Å². The summed E-state index contributed by atoms with van der Waals surface area (Å²) in [6.45, 7) is 2.16. The van der Waals surface area contributed by atoms with E-state index in [1.165, 1.54) is 12.8 Å². The molecular formula is C13H17BrN4. The van der Waals surface area contributed by atoms with Gasteiger partial charge in [0.1, 0.15) is 5.52 Å². The molecule has 0 aromatic carbocycles. The number of halogens is 1. The number of fused-ring (bicyclic) bond motifs is 1. The summed E-state index contributed by atoms with van der Waals surface area (Å²) >= 11 is 3.58. The normalized spacial score (nSPS) is 17.6. The molecule has 0 radical (unpaired) electrons. The predicted molar refractivity (Wildman–Crippen MR) is 77.2 cm³/mol. The van der Waals surface area contributed by atoms with Crippen molar-refractivity contribution in [3.05, 3.63) is 18.6 Å². The molecule has 3 heterocycles. The number of anilines is 1. The zero-order chi connectivity index (χ0) is 12.5. The van der Waals surface area contributed by atoms with Crippen molar-refractivity contribution in [1.82, 2.24) is 14.5 Å². The van der Waals surface area contributed by atoms with E-state index in [2.05, 4.69) is 30.8 Å². The Hall–Kier alpha value is -1.10. The quantitative estimate of drug-likeness (QED) is 0.800. The van der Waals surface area contributed by atoms with E-state index < -0.39 is 0 Å². The maximum absolute atomic E-state index is 4.53. The number of aromatic nitrogens is 3. The number of hydrogen-bond acceptors (Lipinski definition) is 3. The lowest BCUT2D eigenvalue weighted by Crippen LogP contribution is -2.34. The van der Waals surface area contributed by atoms with Crippen molar-refractivity contribution >= 4 is 32.8 Å². The van der Waals surface area contributed by atoms with Crippen molar-refractivity contribution in [2.45, 2.75) is 12.8 Å². The summed E-state index contributed by atoms with van der Waals surface area (Å²) in [5.41, 5.74) is 2.18. The van der Waals surface area contributed by atoms with Gasteiger partial charge in [-0.2, -0.15) is 0 Å². The van der Waals surface area contributed by atoms with Gasteiger partial charge in [0.05, 0.1) is 11.8 Å². The first-order chi connectivity index (χ1) is 8.79. The fourth-order valence-corrected chi connectivity index (χ4v) is 3.23. The van der Waals surface area contributed by atoms with Gasteiger partial charge in [0.25, 0.3) is 0 Å². The van der Waals surface area contributed by atoms with Crippen LogP contribution >= 0.6 is 15.9 Å². The lowest BCUT2D eigenvalue weighted by molar-refractivity contribution is 0.446. The molecule has 0 N–H and O–H groups in total. The Bertz CT molecular complexity index is 543. The third kappa shape index (κ3) is 2.00. The smallest absolute Gasteiger partial charge is 0.156 e. The summed E-state index contributed by atoms with van der Waals surface area (Å²) in [6.07, 6.45) is 6.21. The van der Waals surface area contributed by atoms with Gasteiger partial charge in [-0.15, -0.1) is 0 Å². The van der Waals surface area contributed by atoms with Crippen molar-refractivity contribution < 1.29 is 0 Å². The lowest BCUT2D eigenvalue weighted by atomic mass is 9.99. The predicted octanol–water partition coefficient (Wildman–Crippen LogP) is 2.58. The number of alkyl halides is 1. The largest absolute Gasteiger partial charge is 0.355 e. The summed E-state index contributed by atoms with van der Waals surface area (Å²) in [7, 11) is 2.02. The average Bonchev–Trinajstić information content (AvgIpc) is 2.81. The molecule has 4 nitrogen and oxygen atoms in total. The highest BCUT2D eigenvalue weighted by Crippen LogP contribution is 2.27. The van der Waals surface area contributed by atoms with E-state index in [1.807, 2.05) is 30.2 Å². The van der Waals surface area contributed by atoms with Crippen molar-refractivity contribution in [2.75, 3.05) is 23.3 Å². The molecule has 0 aliphatic carbocycles. The van der Waals surface area contributed by atoms with Crippen LogP contribution in [0.5, 0.6) is 0 Å². The molecule has 0 amide bonds. The first kappa shape index (κ1) is 12.0. The van der Waals surface area contributed by atoms with Gasteiger partial charge in [0.2, 0.25) is 0 Å². The van der Waals surface area contributed by atoms with Gasteiger partial charge in [-0.05, 0) is 24.8 Å². The Morgan fingerprint density at radius 3 is 2.83 bits per heavy atom. The zero-order valence-corrected chi connectivity index (χ0v) is 12.1. The van der Waals surface area contributed by atoms with Crippen LogP contribution < -0.4 is 4.90 Å². The minimum Gasteiger partial charge on any atom is -0.355 e. The van der Waals surface area contributed by atoms with Crippen LogP contribution in [0.4, 0.5) is 5.82 Å². The van der Waals surface area contributed by atoms with Crippen LogP contribution in [0.15, 0.2) is 18.6 Å². The van der Waals surface area contributed by atoms with Crippen molar-refractivity contribution in [3.8, 4) is 0 Å². The average molecular weight is 309 g/mol. The minimum absolute atomic E-state index is 0.809. The van der Waals surface area contributed by atoms with Crippen LogP contribution in [0.25, 0.3) is 11.0 Å². The summed E-state index contributed by atoms with van der Waals surface area (Å²) in [6, 6.07) is 2.02. The molecule has 1 fully saturated rings. The molecule has 2 aromatic rings. The summed E-state index contributed by atoms with van der Waals surface area (Å²) in [5, 5.41) is 1.11. The van der Waals surface area contributed by atoms with E-state index in [4.69, 9.17) is 0 Å². The number of rotatable bonds is 2. The molecule has 3 rings (SSSR count). The first-order valence-corrected chi connectivity index (χ1v) is 7.48. The first-order valence-electron chi connectivity index (χ1n) is 6.36. The van der Waals surface area contributed by atoms with Gasteiger partial charge < -0.3 is 9.47 Å². The number of aryl methyl sites for hydroxylation is 1. The van der Waals surface area contributed by atoms with Gasteiger partial charge in [0.15, 0.2) is 5.82 Å². The van der Waals surface area contributed by atoms with Crippen LogP contribution in [0.1, 0.15) is 12.8 Å². The van der Waals surface area contributed by atoms with E-state index in [1.54, 1.807) is 0 Å². The van der Waals surface area contributed by atoms with Crippen LogP contribution in [-0.4, -0.2) is 33.0 Å². The molecule has 0 saturated carbocycles. The van der Waals surface area contributed by atoms with Crippen molar-refractivity contribution in [1.29, 1.82) is 0 Å². The minimum atomic E-state index is 0.809. The van der Waals surface area contributed by atoms with E-state index in [0.717, 1.165) is 41.2 Å². The molecule has 0 spiro atoms. The van der Waals surface area contributed by atoms with Gasteiger partial charge in [-0.1, -0.05) is 15.9 Å². The second kappa shape index (κ2) is 4.88. The van der Waals surface area contributed by atoms with E-state index in [-0.39, 0.29) is 0 Å². The number of piperidine rings is 1. The molecular weight excluding hydrogens is 292 g/mol. The number of imidazole rings is 1. The molecule has 0 atom stereocenters. The van der Waals surface area contributed by atoms with Crippen LogP contribution in [0.2, 0.25) is 0 Å². The Labute approximate surface area is 115 Å². The van der Waals surface area contributed by atoms with Crippen LogP contribution in [0, 0.1) is 5.92 Å². The van der Waals surface area contributed by atoms with Crippen molar-refractivity contribution in [3.63, 3.8) is 0 Å². The fourth-order valence-electron chi connectivity index (χ4n) is 2.58. The third-order valence-corrected chi connectivity index (χ3v) is 4.67. The maximum atomic E-state index is 4.53. The van der Waals surface area contributed by atoms with Crippen LogP contribution in [0.3, 0.4) is 0 Å². The molecule has 2 aromatic heterocycles. The number of nitrogens with zero attached hydrogens (tertiary/aromatic N) is 4. The molecule has 18 heavy (non-hydrogen) atoms. The number of hydrogen-bond donors (Lipinski definition) is 0. The van der Waals surface area contributed by atoms with Gasteiger partial charge in [-0.3, -0.25) is 0 Å². The second-order valence-electron chi connectivity index (χ2n) is 4.94. The molecule has 1 saturated heterocycles. The molecule has 5 heteroatoms. The SMILES string of the molecule is Cn1cnc2c(N3CCC(CBr)CC3)nccc21. The summed E-state index contributed by atoms with van der Waals surface area (Å²) in [4.78, 5) is 11.4. The summed E-state index contributed by atoms with van der Waals surface area (Å²) < 4.78 is 2.05. The monoisotopic (exact) mass is 308 g/mol. The summed E-state index contributed by atoms with van der Waals surface area (Å²) in [5.74, 6) is 1.85. The Morgan fingerprint density at radius 2 is 2.11 bits per heavy atom. The fraction of sp³-hybridized carbons (Fsp3) is 0.538. The van der Waals surface area contributed by atoms with Crippen molar-refractivity contribution in [2.24, 2.45) is 13.0 Å². The highest BCUT2D eigenvalue weighted by Gasteiger charge is 2.21. The molecule has 0 bridgehead atoms. The van der Waals surface area contributed by atoms with Gasteiger partial charge >= 0.3 is 0 Å². The Kier molecular flexibility index (Phi) is 3.24. The standard InChI is InChI=1S/C13H17BrN4/c1-17-9-16-12-11(17)2-5-15-13(12)18-6-3-10(8-14)4-7-18/h2,5,9-10H,3-4,6-8H2,1H3. The van der Waals surface area contributed by atoms with E-state index in [0.29, 0.717) is 0 Å². The lowest BCUT2D eigenvalue weighted by Gasteiger charge is -2.32. The van der Waals surface area contributed by atoms with Gasteiger partial charge in [-0.25, -0.2) is 9.97 Å². The topological polar surface area (TPSA) is 34.0 Å². The highest BCUT2D eigenvalue weighted by molar-refractivity contribution is 9.09. The second-order valence-corrected chi connectivity index (χ2v) is 5.59. The molecule has 1 aliphatic heterocycles.